The van der Waals surface area contributed by atoms with E-state index in [2.05, 4.69) is 5.32 Å². The number of hydrogen-bond acceptors (Lipinski definition) is 3. The van der Waals surface area contributed by atoms with Crippen molar-refractivity contribution in [1.82, 2.24) is 10.2 Å². The molecule has 2 amide bonds. The molecule has 1 heterocycles. The Kier molecular flexibility index (Phi) is 5.63. The summed E-state index contributed by atoms with van der Waals surface area (Å²) < 4.78 is 5.59. The second-order valence-corrected chi connectivity index (χ2v) is 5.86. The van der Waals surface area contributed by atoms with Gasteiger partial charge in [0.2, 0.25) is 0 Å². The molecule has 0 aliphatic heterocycles. The van der Waals surface area contributed by atoms with Crippen molar-refractivity contribution in [3.8, 4) is 5.75 Å². The van der Waals surface area contributed by atoms with Gasteiger partial charge >= 0.3 is 6.03 Å². The van der Waals surface area contributed by atoms with Crippen molar-refractivity contribution in [2.75, 3.05) is 20.2 Å². The minimum Gasteiger partial charge on any atom is -0.492 e. The van der Waals surface area contributed by atoms with Crippen molar-refractivity contribution in [2.45, 2.75) is 13.5 Å². The summed E-state index contributed by atoms with van der Waals surface area (Å²) in [5.41, 5.74) is 1.16. The van der Waals surface area contributed by atoms with E-state index in [-0.39, 0.29) is 6.03 Å². The lowest BCUT2D eigenvalue weighted by atomic mass is 10.2. The highest BCUT2D eigenvalue weighted by atomic mass is 32.1. The monoisotopic (exact) mass is 304 g/mol. The summed E-state index contributed by atoms with van der Waals surface area (Å²) in [5.74, 6) is 0.830. The Labute approximate surface area is 129 Å². The van der Waals surface area contributed by atoms with E-state index in [1.807, 2.05) is 48.7 Å². The van der Waals surface area contributed by atoms with Crippen LogP contribution in [0.5, 0.6) is 5.75 Å². The average molecular weight is 304 g/mol. The van der Waals surface area contributed by atoms with Gasteiger partial charge < -0.3 is 15.0 Å². The van der Waals surface area contributed by atoms with Crippen LogP contribution in [0, 0.1) is 6.92 Å². The number of nitrogens with one attached hydrogen (secondary N) is 1. The molecule has 112 valence electrons. The summed E-state index contributed by atoms with van der Waals surface area (Å²) in [6, 6.07) is 11.8. The van der Waals surface area contributed by atoms with Crippen molar-refractivity contribution >= 4 is 17.4 Å². The van der Waals surface area contributed by atoms with E-state index in [4.69, 9.17) is 4.74 Å². The molecule has 21 heavy (non-hydrogen) atoms. The van der Waals surface area contributed by atoms with Crippen molar-refractivity contribution in [3.63, 3.8) is 0 Å². The number of urea groups is 1. The normalized spacial score (nSPS) is 10.2. The second kappa shape index (κ2) is 7.69. The zero-order chi connectivity index (χ0) is 15.1. The molecular formula is C16H20N2O2S. The van der Waals surface area contributed by atoms with E-state index >= 15 is 0 Å². The van der Waals surface area contributed by atoms with Crippen molar-refractivity contribution in [2.24, 2.45) is 0 Å². The molecule has 0 bridgehead atoms. The van der Waals surface area contributed by atoms with Gasteiger partial charge in [-0.15, -0.1) is 11.3 Å². The van der Waals surface area contributed by atoms with Crippen LogP contribution in [0.15, 0.2) is 41.8 Å². The molecule has 0 spiro atoms. The van der Waals surface area contributed by atoms with Gasteiger partial charge in [-0.05, 0) is 36.1 Å². The highest BCUT2D eigenvalue weighted by molar-refractivity contribution is 7.09. The number of nitrogens with zero attached hydrogens (tertiary/aromatic N) is 1. The summed E-state index contributed by atoms with van der Waals surface area (Å²) in [7, 11) is 1.79. The van der Waals surface area contributed by atoms with Gasteiger partial charge in [0.05, 0.1) is 13.1 Å². The molecule has 0 saturated heterocycles. The lowest BCUT2D eigenvalue weighted by molar-refractivity contribution is 0.204. The molecule has 2 aromatic rings. The van der Waals surface area contributed by atoms with Gasteiger partial charge in [0.25, 0.3) is 0 Å². The fourth-order valence-electron chi connectivity index (χ4n) is 1.88. The van der Waals surface area contributed by atoms with Gasteiger partial charge in [-0.2, -0.15) is 0 Å². The molecule has 4 nitrogen and oxygen atoms in total. The fraction of sp³-hybridized carbons (Fsp3) is 0.312. The Morgan fingerprint density at radius 3 is 2.90 bits per heavy atom. The van der Waals surface area contributed by atoms with Crippen LogP contribution in [-0.4, -0.2) is 31.1 Å². The summed E-state index contributed by atoms with van der Waals surface area (Å²) in [5, 5.41) is 4.86. The number of benzene rings is 1. The van der Waals surface area contributed by atoms with Crippen molar-refractivity contribution in [1.29, 1.82) is 0 Å². The van der Waals surface area contributed by atoms with Crippen LogP contribution in [0.1, 0.15) is 10.4 Å². The summed E-state index contributed by atoms with van der Waals surface area (Å²) in [4.78, 5) is 14.7. The van der Waals surface area contributed by atoms with Crippen LogP contribution in [0.4, 0.5) is 4.79 Å². The first-order chi connectivity index (χ1) is 10.1. The van der Waals surface area contributed by atoms with Crippen LogP contribution in [0.25, 0.3) is 0 Å². The van der Waals surface area contributed by atoms with E-state index in [0.717, 1.165) is 11.3 Å². The number of carbonyl (C=O) groups is 1. The molecule has 0 atom stereocenters. The van der Waals surface area contributed by atoms with Crippen LogP contribution in [0.3, 0.4) is 0 Å². The topological polar surface area (TPSA) is 41.6 Å². The van der Waals surface area contributed by atoms with E-state index in [1.54, 1.807) is 23.3 Å². The number of thiophene rings is 1. The zero-order valence-corrected chi connectivity index (χ0v) is 13.2. The van der Waals surface area contributed by atoms with Gasteiger partial charge in [-0.1, -0.05) is 18.2 Å². The molecule has 0 unspecified atom stereocenters. The van der Waals surface area contributed by atoms with E-state index in [1.165, 1.54) is 4.88 Å². The standard InChI is InChI=1S/C16H20N2O2S/c1-13-5-3-6-14(11-13)20-9-8-17-16(19)18(2)12-15-7-4-10-21-15/h3-7,10-11H,8-9,12H2,1-2H3,(H,17,19). The number of rotatable bonds is 6. The molecule has 5 heteroatoms. The Bertz CT molecular complexity index is 569. The quantitative estimate of drug-likeness (QED) is 0.832. The first kappa shape index (κ1) is 15.4. The molecule has 0 fully saturated rings. The fourth-order valence-corrected chi connectivity index (χ4v) is 2.63. The number of aryl methyl sites for hydroxylation is 1. The molecule has 0 aliphatic carbocycles. The zero-order valence-electron chi connectivity index (χ0n) is 12.3. The van der Waals surface area contributed by atoms with Crippen molar-refractivity contribution < 1.29 is 9.53 Å². The lowest BCUT2D eigenvalue weighted by Crippen LogP contribution is -2.38. The van der Waals surface area contributed by atoms with Crippen LogP contribution in [0.2, 0.25) is 0 Å². The number of hydrogen-bond donors (Lipinski definition) is 1. The third-order valence-electron chi connectivity index (χ3n) is 2.96. The minimum atomic E-state index is -0.0868. The minimum absolute atomic E-state index is 0.0868. The molecular weight excluding hydrogens is 284 g/mol. The third kappa shape index (κ3) is 5.11. The highest BCUT2D eigenvalue weighted by Crippen LogP contribution is 2.12. The van der Waals surface area contributed by atoms with E-state index in [9.17, 15) is 4.79 Å². The Morgan fingerprint density at radius 1 is 1.33 bits per heavy atom. The highest BCUT2D eigenvalue weighted by Gasteiger charge is 2.08. The maximum Gasteiger partial charge on any atom is 0.317 e. The smallest absolute Gasteiger partial charge is 0.317 e. The molecule has 1 aromatic heterocycles. The summed E-state index contributed by atoms with van der Waals surface area (Å²) in [6.45, 7) is 3.60. The van der Waals surface area contributed by atoms with E-state index in [0.29, 0.717) is 19.7 Å². The van der Waals surface area contributed by atoms with Crippen molar-refractivity contribution in [3.05, 3.63) is 52.2 Å². The third-order valence-corrected chi connectivity index (χ3v) is 3.82. The molecule has 1 aromatic carbocycles. The lowest BCUT2D eigenvalue weighted by Gasteiger charge is -2.17. The maximum atomic E-state index is 11.9. The predicted octanol–water partition coefficient (Wildman–Crippen LogP) is 3.28. The Morgan fingerprint density at radius 2 is 2.19 bits per heavy atom. The Hall–Kier alpha value is -2.01. The SMILES string of the molecule is Cc1cccc(OCCNC(=O)N(C)Cc2cccs2)c1. The number of carbonyl (C=O) groups excluding carboxylic acids is 1. The van der Waals surface area contributed by atoms with Gasteiger partial charge in [-0.3, -0.25) is 0 Å². The summed E-state index contributed by atoms with van der Waals surface area (Å²) in [6.07, 6.45) is 0. The molecule has 0 radical (unpaired) electrons. The Balaban J connectivity index is 1.67. The first-order valence-electron chi connectivity index (χ1n) is 6.86. The van der Waals surface area contributed by atoms with E-state index < -0.39 is 0 Å². The average Bonchev–Trinajstić information content (AvgIpc) is 2.96. The molecule has 0 aliphatic rings. The van der Waals surface area contributed by atoms with Gasteiger partial charge in [0.15, 0.2) is 0 Å². The molecule has 1 N–H and O–H groups in total. The van der Waals surface area contributed by atoms with Gasteiger partial charge in [0.1, 0.15) is 12.4 Å². The van der Waals surface area contributed by atoms with Crippen LogP contribution < -0.4 is 10.1 Å². The molecule has 0 saturated carbocycles. The largest absolute Gasteiger partial charge is 0.492 e. The molecule has 2 rings (SSSR count). The number of ether oxygens (including phenoxy) is 1. The second-order valence-electron chi connectivity index (χ2n) is 4.83. The van der Waals surface area contributed by atoms with Crippen LogP contribution in [-0.2, 0) is 6.54 Å². The maximum absolute atomic E-state index is 11.9. The number of amides is 2. The first-order valence-corrected chi connectivity index (χ1v) is 7.74. The van der Waals surface area contributed by atoms with Crippen LogP contribution >= 0.6 is 11.3 Å². The van der Waals surface area contributed by atoms with Gasteiger partial charge in [0, 0.05) is 11.9 Å². The van der Waals surface area contributed by atoms with Gasteiger partial charge in [-0.25, -0.2) is 4.79 Å². The summed E-state index contributed by atoms with van der Waals surface area (Å²) >= 11 is 1.65. The predicted molar refractivity (Wildman–Crippen MR) is 85.9 cm³/mol.